The molecule has 4 aromatic rings. The molecule has 0 unspecified atom stereocenters. The lowest BCUT2D eigenvalue weighted by molar-refractivity contribution is 0.103. The van der Waals surface area contributed by atoms with Gasteiger partial charge in [-0.05, 0) is 35.9 Å². The monoisotopic (exact) mass is 386 g/mol. The molecule has 7 nitrogen and oxygen atoms in total. The maximum atomic E-state index is 13.0. The number of benzene rings is 3. The molecule has 29 heavy (non-hydrogen) atoms. The van der Waals surface area contributed by atoms with E-state index in [9.17, 15) is 9.59 Å². The Kier molecular flexibility index (Phi) is 4.94. The van der Waals surface area contributed by atoms with Crippen LogP contribution in [0.2, 0.25) is 0 Å². The maximum Gasteiger partial charge on any atom is 0.411 e. The standard InChI is InChI=1S/C22H18N4O3/c23-21-24-18-11-10-15(12-19(18)25-21)20(27)16-8-4-5-9-17(16)26-22(28)29-13-14-6-2-1-3-7-14/h1-12H,13H2,(H,26,28)(H3,23,24,25). The molecule has 0 bridgehead atoms. The summed E-state index contributed by atoms with van der Waals surface area (Å²) in [7, 11) is 0. The summed E-state index contributed by atoms with van der Waals surface area (Å²) in [6.07, 6.45) is -0.633. The average Bonchev–Trinajstić information content (AvgIpc) is 3.12. The van der Waals surface area contributed by atoms with Crippen LogP contribution in [0.1, 0.15) is 21.5 Å². The highest BCUT2D eigenvalue weighted by Crippen LogP contribution is 2.22. The molecular weight excluding hydrogens is 368 g/mol. The number of ether oxygens (including phenoxy) is 1. The van der Waals surface area contributed by atoms with Crippen molar-refractivity contribution < 1.29 is 14.3 Å². The Hall–Kier alpha value is -4.13. The molecule has 1 aromatic heterocycles. The number of aromatic amines is 1. The van der Waals surface area contributed by atoms with Gasteiger partial charge in [0.15, 0.2) is 11.7 Å². The third-order valence-corrected chi connectivity index (χ3v) is 4.38. The number of hydrogen-bond acceptors (Lipinski definition) is 5. The Labute approximate surface area is 166 Å². The predicted octanol–water partition coefficient (Wildman–Crippen LogP) is 4.12. The van der Waals surface area contributed by atoms with Gasteiger partial charge in [-0.25, -0.2) is 9.78 Å². The van der Waals surface area contributed by atoms with E-state index >= 15 is 0 Å². The SMILES string of the molecule is Nc1nc2ccc(C(=O)c3ccccc3NC(=O)OCc3ccccc3)cc2[nH]1. The number of carbonyl (C=O) groups excluding carboxylic acids is 2. The molecule has 144 valence electrons. The molecule has 0 spiro atoms. The number of rotatable bonds is 5. The summed E-state index contributed by atoms with van der Waals surface area (Å²) in [5.74, 6) is 0.0480. The van der Waals surface area contributed by atoms with Crippen LogP contribution in [0.3, 0.4) is 0 Å². The summed E-state index contributed by atoms with van der Waals surface area (Å²) in [4.78, 5) is 32.3. The molecule has 7 heteroatoms. The van der Waals surface area contributed by atoms with Crippen LogP contribution in [0.5, 0.6) is 0 Å². The fourth-order valence-electron chi connectivity index (χ4n) is 2.99. The van der Waals surface area contributed by atoms with Crippen LogP contribution < -0.4 is 11.1 Å². The Bertz CT molecular complexity index is 1190. The van der Waals surface area contributed by atoms with Crippen LogP contribution in [0.4, 0.5) is 16.4 Å². The van der Waals surface area contributed by atoms with Crippen LogP contribution in [-0.2, 0) is 11.3 Å². The Morgan fingerprint density at radius 3 is 2.59 bits per heavy atom. The molecule has 4 N–H and O–H groups in total. The number of carbonyl (C=O) groups is 2. The fraction of sp³-hybridized carbons (Fsp3) is 0.0455. The minimum absolute atomic E-state index is 0.140. The average molecular weight is 386 g/mol. The van der Waals surface area contributed by atoms with Crippen molar-refractivity contribution in [3.8, 4) is 0 Å². The molecule has 0 aliphatic heterocycles. The maximum absolute atomic E-state index is 13.0. The largest absolute Gasteiger partial charge is 0.444 e. The zero-order valence-corrected chi connectivity index (χ0v) is 15.4. The third kappa shape index (κ3) is 4.08. The molecule has 0 aliphatic carbocycles. The second-order valence-corrected chi connectivity index (χ2v) is 6.42. The number of fused-ring (bicyclic) bond motifs is 1. The normalized spacial score (nSPS) is 10.6. The lowest BCUT2D eigenvalue weighted by atomic mass is 10.0. The summed E-state index contributed by atoms with van der Waals surface area (Å²) in [5, 5.41) is 2.65. The van der Waals surface area contributed by atoms with E-state index in [-0.39, 0.29) is 18.3 Å². The van der Waals surface area contributed by atoms with Crippen molar-refractivity contribution in [3.63, 3.8) is 0 Å². The van der Waals surface area contributed by atoms with E-state index in [0.29, 0.717) is 27.8 Å². The van der Waals surface area contributed by atoms with Crippen LogP contribution in [0.25, 0.3) is 11.0 Å². The van der Waals surface area contributed by atoms with Crippen LogP contribution in [0.15, 0.2) is 72.8 Å². The quantitative estimate of drug-likeness (QED) is 0.447. The Balaban J connectivity index is 1.52. The van der Waals surface area contributed by atoms with Gasteiger partial charge in [-0.15, -0.1) is 0 Å². The van der Waals surface area contributed by atoms with Gasteiger partial charge in [0.05, 0.1) is 16.7 Å². The number of para-hydroxylation sites is 1. The summed E-state index contributed by atoms with van der Waals surface area (Å²) in [6, 6.07) is 21.2. The topological polar surface area (TPSA) is 110 Å². The van der Waals surface area contributed by atoms with E-state index in [4.69, 9.17) is 10.5 Å². The minimum atomic E-state index is -0.633. The van der Waals surface area contributed by atoms with E-state index in [1.54, 1.807) is 42.5 Å². The molecule has 0 aliphatic rings. The number of ketones is 1. The van der Waals surface area contributed by atoms with E-state index in [1.807, 2.05) is 30.3 Å². The molecule has 0 fully saturated rings. The second-order valence-electron chi connectivity index (χ2n) is 6.42. The molecular formula is C22H18N4O3. The Morgan fingerprint density at radius 1 is 1.00 bits per heavy atom. The molecule has 1 amide bonds. The van der Waals surface area contributed by atoms with Gasteiger partial charge in [0.25, 0.3) is 0 Å². The first-order chi connectivity index (χ1) is 14.1. The van der Waals surface area contributed by atoms with Crippen molar-refractivity contribution in [1.82, 2.24) is 9.97 Å². The summed E-state index contributed by atoms with van der Waals surface area (Å²) in [6.45, 7) is 0.140. The van der Waals surface area contributed by atoms with Crippen LogP contribution in [0, 0.1) is 0 Å². The first kappa shape index (κ1) is 18.2. The molecule has 0 saturated carbocycles. The smallest absolute Gasteiger partial charge is 0.411 e. The van der Waals surface area contributed by atoms with Crippen molar-refractivity contribution >= 4 is 34.5 Å². The predicted molar refractivity (Wildman–Crippen MR) is 111 cm³/mol. The number of nitrogens with one attached hydrogen (secondary N) is 2. The van der Waals surface area contributed by atoms with Crippen molar-refractivity contribution in [2.75, 3.05) is 11.1 Å². The van der Waals surface area contributed by atoms with Gasteiger partial charge in [-0.2, -0.15) is 0 Å². The number of imidazole rings is 1. The molecule has 0 radical (unpaired) electrons. The van der Waals surface area contributed by atoms with Crippen molar-refractivity contribution in [1.29, 1.82) is 0 Å². The van der Waals surface area contributed by atoms with Gasteiger partial charge < -0.3 is 15.5 Å². The fourth-order valence-corrected chi connectivity index (χ4v) is 2.99. The highest BCUT2D eigenvalue weighted by molar-refractivity contribution is 6.14. The van der Waals surface area contributed by atoms with Crippen molar-refractivity contribution in [2.24, 2.45) is 0 Å². The van der Waals surface area contributed by atoms with Crippen LogP contribution >= 0.6 is 0 Å². The number of anilines is 2. The number of nitrogens with two attached hydrogens (primary N) is 1. The van der Waals surface area contributed by atoms with Crippen molar-refractivity contribution in [3.05, 3.63) is 89.5 Å². The molecule has 3 aromatic carbocycles. The highest BCUT2D eigenvalue weighted by atomic mass is 16.5. The van der Waals surface area contributed by atoms with Crippen LogP contribution in [-0.4, -0.2) is 21.8 Å². The second kappa shape index (κ2) is 7.85. The van der Waals surface area contributed by atoms with Crippen molar-refractivity contribution in [2.45, 2.75) is 6.61 Å². The summed E-state index contributed by atoms with van der Waals surface area (Å²) in [5.41, 5.74) is 9.07. The van der Waals surface area contributed by atoms with Gasteiger partial charge in [0, 0.05) is 11.1 Å². The highest BCUT2D eigenvalue weighted by Gasteiger charge is 2.16. The number of nitrogens with zero attached hydrogens (tertiary/aromatic N) is 1. The zero-order valence-electron chi connectivity index (χ0n) is 15.4. The molecule has 0 atom stereocenters. The number of nitrogen functional groups attached to an aromatic ring is 1. The lowest BCUT2D eigenvalue weighted by Gasteiger charge is -2.11. The van der Waals surface area contributed by atoms with E-state index in [1.165, 1.54) is 0 Å². The molecule has 4 rings (SSSR count). The van der Waals surface area contributed by atoms with E-state index in [0.717, 1.165) is 5.56 Å². The van der Waals surface area contributed by atoms with Gasteiger partial charge in [-0.1, -0.05) is 42.5 Å². The number of amides is 1. The zero-order chi connectivity index (χ0) is 20.2. The molecule has 0 saturated heterocycles. The number of H-pyrrole nitrogens is 1. The number of hydrogen-bond donors (Lipinski definition) is 3. The number of aromatic nitrogens is 2. The van der Waals surface area contributed by atoms with Gasteiger partial charge in [0.2, 0.25) is 0 Å². The Morgan fingerprint density at radius 2 is 1.76 bits per heavy atom. The lowest BCUT2D eigenvalue weighted by Crippen LogP contribution is -2.16. The summed E-state index contributed by atoms with van der Waals surface area (Å²) < 4.78 is 5.24. The van der Waals surface area contributed by atoms with Gasteiger partial charge in [0.1, 0.15) is 6.61 Å². The molecule has 1 heterocycles. The first-order valence-electron chi connectivity index (χ1n) is 8.97. The van der Waals surface area contributed by atoms with Gasteiger partial charge >= 0.3 is 6.09 Å². The minimum Gasteiger partial charge on any atom is -0.444 e. The van der Waals surface area contributed by atoms with E-state index in [2.05, 4.69) is 15.3 Å². The third-order valence-electron chi connectivity index (χ3n) is 4.38. The van der Waals surface area contributed by atoms with E-state index < -0.39 is 6.09 Å². The first-order valence-corrected chi connectivity index (χ1v) is 8.97. The van der Waals surface area contributed by atoms with Gasteiger partial charge in [-0.3, -0.25) is 10.1 Å². The summed E-state index contributed by atoms with van der Waals surface area (Å²) >= 11 is 0.